The fourth-order valence-electron chi connectivity index (χ4n) is 3.68. The fraction of sp³-hybridized carbons (Fsp3) is 0.600. The molecule has 0 aromatic heterocycles. The second-order valence-electron chi connectivity index (χ2n) is 5.67. The van der Waals surface area contributed by atoms with Gasteiger partial charge in [-0.3, -0.25) is 0 Å². The number of aliphatic hydroxyl groups excluding tert-OH is 1. The Morgan fingerprint density at radius 3 is 2.95 bits per heavy atom. The van der Waals surface area contributed by atoms with E-state index < -0.39 is 0 Å². The largest absolute Gasteiger partial charge is 0.454 e. The van der Waals surface area contributed by atoms with Crippen molar-refractivity contribution in [1.29, 1.82) is 0 Å². The Morgan fingerprint density at radius 1 is 1.26 bits per heavy atom. The number of benzene rings is 1. The van der Waals surface area contributed by atoms with Crippen LogP contribution >= 0.6 is 0 Å². The lowest BCUT2D eigenvalue weighted by Crippen LogP contribution is -2.33. The fourth-order valence-corrected chi connectivity index (χ4v) is 3.68. The van der Waals surface area contributed by atoms with Crippen molar-refractivity contribution in [2.75, 3.05) is 13.4 Å². The van der Waals surface area contributed by atoms with Crippen LogP contribution in [0, 0.1) is 0 Å². The predicted octanol–water partition coefficient (Wildman–Crippen LogP) is 2.12. The molecule has 0 unspecified atom stereocenters. The highest BCUT2D eigenvalue weighted by molar-refractivity contribution is 5.52. The van der Waals surface area contributed by atoms with Crippen LogP contribution in [0.5, 0.6) is 11.5 Å². The molecule has 102 valence electrons. The Bertz CT molecular complexity index is 513. The van der Waals surface area contributed by atoms with Crippen LogP contribution in [0.4, 0.5) is 0 Å². The van der Waals surface area contributed by atoms with E-state index in [4.69, 9.17) is 19.3 Å². The first-order valence-corrected chi connectivity index (χ1v) is 7.02. The number of rotatable bonds is 3. The zero-order valence-electron chi connectivity index (χ0n) is 10.9. The van der Waals surface area contributed by atoms with E-state index in [0.717, 1.165) is 43.6 Å². The first kappa shape index (κ1) is 11.6. The van der Waals surface area contributed by atoms with Crippen molar-refractivity contribution in [3.8, 4) is 11.5 Å². The van der Waals surface area contributed by atoms with Gasteiger partial charge in [0.15, 0.2) is 11.5 Å². The van der Waals surface area contributed by atoms with Gasteiger partial charge in [0, 0.05) is 6.61 Å². The molecule has 3 aliphatic heterocycles. The van der Waals surface area contributed by atoms with E-state index in [1.54, 1.807) is 0 Å². The van der Waals surface area contributed by atoms with Gasteiger partial charge < -0.3 is 19.3 Å². The molecule has 1 aromatic carbocycles. The van der Waals surface area contributed by atoms with Crippen molar-refractivity contribution in [3.63, 3.8) is 0 Å². The van der Waals surface area contributed by atoms with Crippen molar-refractivity contribution >= 4 is 0 Å². The Morgan fingerprint density at radius 2 is 2.11 bits per heavy atom. The molecule has 1 fully saturated rings. The molecule has 0 saturated carbocycles. The molecule has 3 heterocycles. The predicted molar refractivity (Wildman–Crippen MR) is 68.4 cm³/mol. The highest BCUT2D eigenvalue weighted by Gasteiger charge is 2.46. The van der Waals surface area contributed by atoms with Gasteiger partial charge in [0.25, 0.3) is 0 Å². The first-order chi connectivity index (χ1) is 9.31. The number of aliphatic hydroxyl groups is 1. The van der Waals surface area contributed by atoms with E-state index >= 15 is 0 Å². The van der Waals surface area contributed by atoms with E-state index in [9.17, 15) is 0 Å². The van der Waals surface area contributed by atoms with Gasteiger partial charge >= 0.3 is 0 Å². The third kappa shape index (κ3) is 1.66. The zero-order chi connectivity index (χ0) is 12.9. The van der Waals surface area contributed by atoms with Gasteiger partial charge in [0.1, 0.15) is 0 Å². The van der Waals surface area contributed by atoms with Crippen LogP contribution in [0.25, 0.3) is 0 Å². The smallest absolute Gasteiger partial charge is 0.231 e. The van der Waals surface area contributed by atoms with Gasteiger partial charge in [-0.1, -0.05) is 0 Å². The number of hydrogen-bond acceptors (Lipinski definition) is 4. The molecule has 2 bridgehead atoms. The normalized spacial score (nSPS) is 30.5. The molecule has 3 aliphatic rings. The second kappa shape index (κ2) is 4.12. The van der Waals surface area contributed by atoms with Gasteiger partial charge in [-0.25, -0.2) is 0 Å². The quantitative estimate of drug-likeness (QED) is 0.906. The molecule has 1 aromatic rings. The average Bonchev–Trinajstić information content (AvgIpc) is 3.00. The molecular formula is C15H18O4. The van der Waals surface area contributed by atoms with Crippen LogP contribution < -0.4 is 9.47 Å². The van der Waals surface area contributed by atoms with Gasteiger partial charge in [0.2, 0.25) is 6.79 Å². The molecule has 1 saturated heterocycles. The summed E-state index contributed by atoms with van der Waals surface area (Å²) >= 11 is 0. The summed E-state index contributed by atoms with van der Waals surface area (Å²) in [5, 5.41) is 9.12. The molecule has 4 heteroatoms. The molecule has 4 nitrogen and oxygen atoms in total. The van der Waals surface area contributed by atoms with Gasteiger partial charge in [0.05, 0.1) is 11.7 Å². The molecule has 1 N–H and O–H groups in total. The summed E-state index contributed by atoms with van der Waals surface area (Å²) in [7, 11) is 0. The molecule has 19 heavy (non-hydrogen) atoms. The van der Waals surface area contributed by atoms with Crippen molar-refractivity contribution in [2.45, 2.75) is 43.8 Å². The summed E-state index contributed by atoms with van der Waals surface area (Å²) in [6.07, 6.45) is 5.10. The Kier molecular flexibility index (Phi) is 2.50. The lowest BCUT2D eigenvalue weighted by Gasteiger charge is -2.36. The standard InChI is InChI=1S/C15H18O4/c16-5-1-3-15-4-2-11(19-15)6-10-7-13-14(8-12(10)15)18-9-17-13/h7-8,11,16H,1-6,9H2/t11-,15+/m0/s1. The maximum atomic E-state index is 9.12. The molecule has 4 rings (SSSR count). The lowest BCUT2D eigenvalue weighted by atomic mass is 9.83. The topological polar surface area (TPSA) is 47.9 Å². The second-order valence-corrected chi connectivity index (χ2v) is 5.67. The Labute approximate surface area is 112 Å². The molecule has 0 radical (unpaired) electrons. The van der Waals surface area contributed by atoms with Crippen molar-refractivity contribution in [3.05, 3.63) is 23.3 Å². The summed E-state index contributed by atoms with van der Waals surface area (Å²) in [5.74, 6) is 1.69. The van der Waals surface area contributed by atoms with Crippen LogP contribution in [0.15, 0.2) is 12.1 Å². The lowest BCUT2D eigenvalue weighted by molar-refractivity contribution is -0.0653. The minimum absolute atomic E-state index is 0.206. The highest BCUT2D eigenvalue weighted by Crippen LogP contribution is 2.51. The Hall–Kier alpha value is -1.26. The molecule has 2 atom stereocenters. The molecule has 0 aliphatic carbocycles. The maximum absolute atomic E-state index is 9.12. The third-order valence-electron chi connectivity index (χ3n) is 4.54. The average molecular weight is 262 g/mol. The van der Waals surface area contributed by atoms with Crippen molar-refractivity contribution in [2.24, 2.45) is 0 Å². The number of fused-ring (bicyclic) bond motifs is 5. The monoisotopic (exact) mass is 262 g/mol. The summed E-state index contributed by atoms with van der Waals surface area (Å²) in [6.45, 7) is 0.530. The van der Waals surface area contributed by atoms with Gasteiger partial charge in [-0.15, -0.1) is 0 Å². The first-order valence-electron chi connectivity index (χ1n) is 7.02. The van der Waals surface area contributed by atoms with E-state index in [0.29, 0.717) is 12.9 Å². The van der Waals surface area contributed by atoms with Crippen LogP contribution in [0.1, 0.15) is 36.8 Å². The SMILES string of the molecule is OCCC[C@@]12CC[C@@H](Cc3cc4c(cc31)OCO4)O2. The van der Waals surface area contributed by atoms with Crippen LogP contribution in [0.2, 0.25) is 0 Å². The summed E-state index contributed by atoms with van der Waals surface area (Å²) in [5.41, 5.74) is 2.37. The minimum atomic E-state index is -0.206. The van der Waals surface area contributed by atoms with Crippen molar-refractivity contribution < 1.29 is 19.3 Å². The number of ether oxygens (including phenoxy) is 3. The van der Waals surface area contributed by atoms with E-state index in [1.807, 2.05) is 0 Å². The van der Waals surface area contributed by atoms with Gasteiger partial charge in [-0.2, -0.15) is 0 Å². The van der Waals surface area contributed by atoms with Crippen LogP contribution in [-0.4, -0.2) is 24.6 Å². The summed E-state index contributed by atoms with van der Waals surface area (Å²) in [6, 6.07) is 4.21. The third-order valence-corrected chi connectivity index (χ3v) is 4.54. The summed E-state index contributed by atoms with van der Waals surface area (Å²) in [4.78, 5) is 0. The highest BCUT2D eigenvalue weighted by atomic mass is 16.7. The Balaban J connectivity index is 1.79. The zero-order valence-corrected chi connectivity index (χ0v) is 10.9. The van der Waals surface area contributed by atoms with E-state index in [1.165, 1.54) is 11.1 Å². The molecular weight excluding hydrogens is 244 g/mol. The van der Waals surface area contributed by atoms with E-state index in [2.05, 4.69) is 12.1 Å². The molecule has 0 spiro atoms. The van der Waals surface area contributed by atoms with Crippen LogP contribution in [0.3, 0.4) is 0 Å². The number of hydrogen-bond donors (Lipinski definition) is 1. The molecule has 0 amide bonds. The summed E-state index contributed by atoms with van der Waals surface area (Å²) < 4.78 is 17.2. The van der Waals surface area contributed by atoms with E-state index in [-0.39, 0.29) is 12.2 Å². The van der Waals surface area contributed by atoms with Gasteiger partial charge in [-0.05, 0) is 55.4 Å². The van der Waals surface area contributed by atoms with Crippen molar-refractivity contribution in [1.82, 2.24) is 0 Å². The maximum Gasteiger partial charge on any atom is 0.231 e. The minimum Gasteiger partial charge on any atom is -0.454 e. The van der Waals surface area contributed by atoms with Crippen LogP contribution in [-0.2, 0) is 16.8 Å².